The zero-order valence-corrected chi connectivity index (χ0v) is 16.8. The molecule has 28 heavy (non-hydrogen) atoms. The lowest BCUT2D eigenvalue weighted by Gasteiger charge is -2.09. The fraction of sp³-hybridized carbons (Fsp3) is 0.368. The van der Waals surface area contributed by atoms with Crippen molar-refractivity contribution in [3.8, 4) is 16.3 Å². The predicted molar refractivity (Wildman–Crippen MR) is 105 cm³/mol. The van der Waals surface area contributed by atoms with Gasteiger partial charge >= 0.3 is 5.97 Å². The second-order valence-electron chi connectivity index (χ2n) is 6.21. The maximum Gasteiger partial charge on any atom is 0.312 e. The number of methoxy groups -OCH3 is 1. The van der Waals surface area contributed by atoms with Gasteiger partial charge in [0.2, 0.25) is 5.91 Å². The Balaban J connectivity index is 1.76. The van der Waals surface area contributed by atoms with Gasteiger partial charge in [-0.1, -0.05) is 0 Å². The molecule has 0 aliphatic heterocycles. The number of rotatable bonds is 9. The lowest BCUT2D eigenvalue weighted by molar-refractivity contribution is -0.148. The number of aromatic nitrogens is 1. The number of carbonyl (C=O) groups is 3. The molecule has 0 aliphatic carbocycles. The highest BCUT2D eigenvalue weighted by molar-refractivity contribution is 7.13. The van der Waals surface area contributed by atoms with Gasteiger partial charge < -0.3 is 20.1 Å². The number of ether oxygens (including phenoxy) is 2. The second-order valence-corrected chi connectivity index (χ2v) is 7.07. The van der Waals surface area contributed by atoms with Gasteiger partial charge in [-0.3, -0.25) is 14.4 Å². The molecule has 0 spiro atoms. The Kier molecular flexibility index (Phi) is 7.94. The van der Waals surface area contributed by atoms with E-state index in [2.05, 4.69) is 15.6 Å². The number of amides is 2. The predicted octanol–water partition coefficient (Wildman–Crippen LogP) is 1.55. The van der Waals surface area contributed by atoms with Crippen molar-refractivity contribution in [3.05, 3.63) is 35.3 Å². The minimum Gasteiger partial charge on any atom is -0.497 e. The van der Waals surface area contributed by atoms with Gasteiger partial charge in [-0.25, -0.2) is 4.98 Å². The van der Waals surface area contributed by atoms with E-state index in [4.69, 9.17) is 9.47 Å². The number of esters is 1. The van der Waals surface area contributed by atoms with Crippen molar-refractivity contribution in [2.24, 2.45) is 0 Å². The van der Waals surface area contributed by atoms with Gasteiger partial charge in [-0.05, 0) is 38.1 Å². The molecule has 2 amide bonds. The molecule has 0 saturated heterocycles. The molecule has 150 valence electrons. The van der Waals surface area contributed by atoms with E-state index < -0.39 is 18.5 Å². The average molecular weight is 405 g/mol. The van der Waals surface area contributed by atoms with E-state index >= 15 is 0 Å². The molecule has 2 aromatic rings. The van der Waals surface area contributed by atoms with Crippen molar-refractivity contribution >= 4 is 29.1 Å². The largest absolute Gasteiger partial charge is 0.497 e. The number of benzene rings is 1. The van der Waals surface area contributed by atoms with Crippen LogP contribution in [0.4, 0.5) is 0 Å². The Hall–Kier alpha value is -2.94. The minimum atomic E-state index is -0.562. The average Bonchev–Trinajstić information content (AvgIpc) is 3.12. The van der Waals surface area contributed by atoms with Gasteiger partial charge in [0.1, 0.15) is 10.8 Å². The van der Waals surface area contributed by atoms with Gasteiger partial charge in [-0.2, -0.15) is 0 Å². The third kappa shape index (κ3) is 6.99. The molecule has 0 unspecified atom stereocenters. The number of thiazole rings is 1. The Morgan fingerprint density at radius 1 is 1.14 bits per heavy atom. The zero-order chi connectivity index (χ0) is 20.5. The molecule has 1 aromatic heterocycles. The van der Waals surface area contributed by atoms with Gasteiger partial charge in [0, 0.05) is 17.0 Å². The Morgan fingerprint density at radius 3 is 2.50 bits per heavy atom. The molecule has 2 rings (SSSR count). The first-order chi connectivity index (χ1) is 13.4. The van der Waals surface area contributed by atoms with Crippen LogP contribution in [0.2, 0.25) is 0 Å². The third-order valence-corrected chi connectivity index (χ3v) is 4.41. The fourth-order valence-corrected chi connectivity index (χ4v) is 3.03. The van der Waals surface area contributed by atoms with Gasteiger partial charge in [0.05, 0.1) is 25.8 Å². The van der Waals surface area contributed by atoms with Crippen LogP contribution in [0.5, 0.6) is 5.75 Å². The van der Waals surface area contributed by atoms with Crippen molar-refractivity contribution in [1.29, 1.82) is 0 Å². The van der Waals surface area contributed by atoms with Crippen LogP contribution in [0.25, 0.3) is 10.6 Å². The van der Waals surface area contributed by atoms with E-state index in [0.29, 0.717) is 5.69 Å². The topological polar surface area (TPSA) is 107 Å². The van der Waals surface area contributed by atoms with E-state index in [0.717, 1.165) is 16.3 Å². The van der Waals surface area contributed by atoms with E-state index in [1.54, 1.807) is 12.5 Å². The highest BCUT2D eigenvalue weighted by Crippen LogP contribution is 2.25. The number of nitrogens with zero attached hydrogens (tertiary/aromatic N) is 1. The van der Waals surface area contributed by atoms with Crippen molar-refractivity contribution in [2.45, 2.75) is 26.3 Å². The maximum absolute atomic E-state index is 11.9. The molecular formula is C19H23N3O5S. The van der Waals surface area contributed by atoms with E-state index in [-0.39, 0.29) is 24.9 Å². The number of carbonyl (C=O) groups excluding carboxylic acids is 3. The molecule has 0 atom stereocenters. The van der Waals surface area contributed by atoms with E-state index in [1.807, 2.05) is 38.1 Å². The number of hydrogen-bond donors (Lipinski definition) is 2. The summed E-state index contributed by atoms with van der Waals surface area (Å²) in [6, 6.07) is 7.44. The summed E-state index contributed by atoms with van der Waals surface area (Å²) >= 11 is 1.42. The molecular weight excluding hydrogens is 382 g/mol. The molecule has 0 aliphatic rings. The van der Waals surface area contributed by atoms with Crippen LogP contribution < -0.4 is 15.4 Å². The van der Waals surface area contributed by atoms with Crippen LogP contribution >= 0.6 is 11.3 Å². The van der Waals surface area contributed by atoms with Crippen LogP contribution in [0.1, 0.15) is 19.5 Å². The van der Waals surface area contributed by atoms with Gasteiger partial charge in [0.25, 0.3) is 5.91 Å². The lowest BCUT2D eigenvalue weighted by Crippen LogP contribution is -2.41. The monoisotopic (exact) mass is 405 g/mol. The van der Waals surface area contributed by atoms with Gasteiger partial charge in [-0.15, -0.1) is 11.3 Å². The van der Waals surface area contributed by atoms with Crippen molar-refractivity contribution in [3.63, 3.8) is 0 Å². The molecule has 0 saturated carbocycles. The van der Waals surface area contributed by atoms with Crippen molar-refractivity contribution in [2.75, 3.05) is 20.3 Å². The summed E-state index contributed by atoms with van der Waals surface area (Å²) in [5.41, 5.74) is 1.49. The highest BCUT2D eigenvalue weighted by Gasteiger charge is 2.13. The first-order valence-electron chi connectivity index (χ1n) is 8.68. The Labute approximate surface area is 167 Å². The van der Waals surface area contributed by atoms with Crippen LogP contribution in [0, 0.1) is 0 Å². The quantitative estimate of drug-likeness (QED) is 0.613. The van der Waals surface area contributed by atoms with E-state index in [1.165, 1.54) is 11.3 Å². The second kappa shape index (κ2) is 10.4. The minimum absolute atomic E-state index is 0.0110. The molecule has 1 aromatic carbocycles. The summed E-state index contributed by atoms with van der Waals surface area (Å²) in [6.07, 6.45) is -0.0340. The Morgan fingerprint density at radius 2 is 1.86 bits per heavy atom. The molecule has 0 fully saturated rings. The normalized spacial score (nSPS) is 10.4. The van der Waals surface area contributed by atoms with Crippen LogP contribution in [0.3, 0.4) is 0 Å². The standard InChI is InChI=1S/C19H23N3O5S/c1-12(2)21-16(23)9-20-17(24)10-27-18(25)8-14-11-28-19(22-14)13-4-6-15(26-3)7-5-13/h4-7,11-12H,8-10H2,1-3H3,(H,20,24)(H,21,23). The SMILES string of the molecule is COc1ccc(-c2nc(CC(=O)OCC(=O)NCC(=O)NC(C)C)cs2)cc1. The summed E-state index contributed by atoms with van der Waals surface area (Å²) < 4.78 is 10.1. The van der Waals surface area contributed by atoms with Crippen molar-refractivity contribution in [1.82, 2.24) is 15.6 Å². The first kappa shape index (κ1) is 21.4. The van der Waals surface area contributed by atoms with Crippen LogP contribution in [-0.2, 0) is 25.5 Å². The zero-order valence-electron chi connectivity index (χ0n) is 16.0. The summed E-state index contributed by atoms with van der Waals surface area (Å²) in [6.45, 7) is 3.04. The van der Waals surface area contributed by atoms with Crippen LogP contribution in [0.15, 0.2) is 29.6 Å². The maximum atomic E-state index is 11.9. The highest BCUT2D eigenvalue weighted by atomic mass is 32.1. The smallest absolute Gasteiger partial charge is 0.312 e. The molecule has 2 N–H and O–H groups in total. The van der Waals surface area contributed by atoms with Gasteiger partial charge in [0.15, 0.2) is 6.61 Å². The van der Waals surface area contributed by atoms with Crippen LogP contribution in [-0.4, -0.2) is 49.1 Å². The molecule has 1 heterocycles. The van der Waals surface area contributed by atoms with Crippen molar-refractivity contribution < 1.29 is 23.9 Å². The number of nitrogens with one attached hydrogen (secondary N) is 2. The third-order valence-electron chi connectivity index (χ3n) is 3.47. The summed E-state index contributed by atoms with van der Waals surface area (Å²) in [5.74, 6) is -0.648. The lowest BCUT2D eigenvalue weighted by atomic mass is 10.2. The molecule has 0 bridgehead atoms. The first-order valence-corrected chi connectivity index (χ1v) is 9.56. The number of hydrogen-bond acceptors (Lipinski definition) is 7. The summed E-state index contributed by atoms with van der Waals surface area (Å²) in [7, 11) is 1.60. The summed E-state index contributed by atoms with van der Waals surface area (Å²) in [5, 5.41) is 7.58. The molecule has 9 heteroatoms. The fourth-order valence-electron chi connectivity index (χ4n) is 2.20. The molecule has 8 nitrogen and oxygen atoms in total. The Bertz CT molecular complexity index is 817. The molecule has 0 radical (unpaired) electrons. The summed E-state index contributed by atoms with van der Waals surface area (Å²) in [4.78, 5) is 39.4. The van der Waals surface area contributed by atoms with E-state index in [9.17, 15) is 14.4 Å².